The van der Waals surface area contributed by atoms with E-state index in [4.69, 9.17) is 16.3 Å². The molecule has 0 saturated heterocycles. The van der Waals surface area contributed by atoms with E-state index < -0.39 is 9.84 Å². The molecule has 6 heteroatoms. The van der Waals surface area contributed by atoms with Crippen LogP contribution in [-0.2, 0) is 16.4 Å². The molecule has 0 fully saturated rings. The van der Waals surface area contributed by atoms with Crippen molar-refractivity contribution in [3.05, 3.63) is 99.4 Å². The van der Waals surface area contributed by atoms with Crippen LogP contribution >= 0.6 is 11.6 Å². The average Bonchev–Trinajstić information content (AvgIpc) is 2.72. The average molecular weight is 424 g/mol. The van der Waals surface area contributed by atoms with Gasteiger partial charge in [-0.15, -0.1) is 0 Å². The Morgan fingerprint density at radius 1 is 1.00 bits per heavy atom. The largest absolute Gasteiger partial charge is 0.489 e. The molecule has 0 bridgehead atoms. The topological polar surface area (TPSA) is 67.2 Å². The fourth-order valence-corrected chi connectivity index (χ4v) is 3.86. The minimum Gasteiger partial charge on any atom is -0.489 e. The molecule has 0 aromatic heterocycles. The number of nitrogens with zero attached hydrogens (tertiary/aromatic N) is 1. The zero-order chi connectivity index (χ0) is 20.9. The number of aryl methyl sites for hydroxylation is 1. The number of nitriles is 1. The zero-order valence-electron chi connectivity index (χ0n) is 15.7. The van der Waals surface area contributed by atoms with E-state index in [1.165, 1.54) is 18.2 Å². The highest BCUT2D eigenvalue weighted by Gasteiger charge is 2.20. The van der Waals surface area contributed by atoms with E-state index in [1.807, 2.05) is 19.1 Å². The van der Waals surface area contributed by atoms with Crippen molar-refractivity contribution < 1.29 is 13.2 Å². The molecule has 0 aliphatic carbocycles. The summed E-state index contributed by atoms with van der Waals surface area (Å²) in [6, 6.07) is 22.5. The summed E-state index contributed by atoms with van der Waals surface area (Å²) in [4.78, 5) is -0.213. The van der Waals surface area contributed by atoms with Gasteiger partial charge in [0.15, 0.2) is 0 Å². The molecule has 3 rings (SSSR count). The molecular formula is C23H18ClNO3S. The van der Waals surface area contributed by atoms with Crippen LogP contribution in [0.15, 0.2) is 82.6 Å². The number of rotatable bonds is 6. The van der Waals surface area contributed by atoms with Crippen LogP contribution in [0, 0.1) is 18.3 Å². The van der Waals surface area contributed by atoms with Gasteiger partial charge >= 0.3 is 0 Å². The fraction of sp³-hybridized carbons (Fsp3) is 0.0870. The summed E-state index contributed by atoms with van der Waals surface area (Å²) in [6.45, 7) is 2.26. The van der Waals surface area contributed by atoms with Crippen LogP contribution < -0.4 is 4.74 Å². The van der Waals surface area contributed by atoms with E-state index in [-0.39, 0.29) is 9.80 Å². The summed E-state index contributed by atoms with van der Waals surface area (Å²) in [7, 11) is -3.87. The molecule has 3 aromatic rings. The molecule has 146 valence electrons. The van der Waals surface area contributed by atoms with Crippen LogP contribution in [0.1, 0.15) is 16.7 Å². The maximum absolute atomic E-state index is 12.7. The van der Waals surface area contributed by atoms with Crippen molar-refractivity contribution in [2.24, 2.45) is 0 Å². The van der Waals surface area contributed by atoms with Gasteiger partial charge < -0.3 is 4.74 Å². The number of ether oxygens (including phenoxy) is 1. The van der Waals surface area contributed by atoms with Gasteiger partial charge in [-0.25, -0.2) is 8.42 Å². The molecule has 0 spiro atoms. The number of hydrogen-bond donors (Lipinski definition) is 0. The van der Waals surface area contributed by atoms with E-state index in [1.54, 1.807) is 54.6 Å². The van der Waals surface area contributed by atoms with Crippen LogP contribution in [0.3, 0.4) is 0 Å². The second kappa shape index (κ2) is 8.95. The summed E-state index contributed by atoms with van der Waals surface area (Å²) >= 11 is 5.87. The van der Waals surface area contributed by atoms with Gasteiger partial charge in [-0.05, 0) is 60.5 Å². The Morgan fingerprint density at radius 3 is 2.21 bits per heavy atom. The van der Waals surface area contributed by atoms with Gasteiger partial charge in [-0.3, -0.25) is 0 Å². The predicted molar refractivity (Wildman–Crippen MR) is 114 cm³/mol. The molecule has 3 aromatic carbocycles. The van der Waals surface area contributed by atoms with Crippen molar-refractivity contribution in [1.82, 2.24) is 0 Å². The van der Waals surface area contributed by atoms with Gasteiger partial charge in [0.1, 0.15) is 23.3 Å². The maximum atomic E-state index is 12.7. The smallest absolute Gasteiger partial charge is 0.216 e. The van der Waals surface area contributed by atoms with Crippen molar-refractivity contribution in [3.8, 4) is 11.8 Å². The third kappa shape index (κ3) is 5.26. The summed E-state index contributed by atoms with van der Waals surface area (Å²) in [5, 5.41) is 10.1. The Kier molecular flexibility index (Phi) is 6.38. The molecule has 0 N–H and O–H groups in total. The molecule has 0 unspecified atom stereocenters. The van der Waals surface area contributed by atoms with Crippen LogP contribution in [0.25, 0.3) is 6.08 Å². The van der Waals surface area contributed by atoms with Gasteiger partial charge in [-0.2, -0.15) is 5.26 Å². The van der Waals surface area contributed by atoms with Crippen LogP contribution in [0.5, 0.6) is 5.75 Å². The lowest BCUT2D eigenvalue weighted by Crippen LogP contribution is -2.03. The second-order valence-corrected chi connectivity index (χ2v) is 8.78. The van der Waals surface area contributed by atoms with Gasteiger partial charge in [0, 0.05) is 5.02 Å². The van der Waals surface area contributed by atoms with Gasteiger partial charge in [-0.1, -0.05) is 53.6 Å². The molecule has 0 aliphatic rings. The number of halogens is 1. The highest BCUT2D eigenvalue weighted by Crippen LogP contribution is 2.23. The Labute approximate surface area is 175 Å². The first kappa shape index (κ1) is 20.7. The van der Waals surface area contributed by atoms with E-state index >= 15 is 0 Å². The van der Waals surface area contributed by atoms with Crippen molar-refractivity contribution >= 4 is 27.5 Å². The lowest BCUT2D eigenvalue weighted by molar-refractivity contribution is 0.306. The SMILES string of the molecule is Cc1ccc(S(=O)(=O)C(C#N)=Cc2ccc(OCc3ccc(Cl)cc3)cc2)cc1. The number of allylic oxidation sites excluding steroid dienone is 1. The van der Waals surface area contributed by atoms with Crippen molar-refractivity contribution in [1.29, 1.82) is 5.26 Å². The summed E-state index contributed by atoms with van der Waals surface area (Å²) < 4.78 is 31.1. The Hall–Kier alpha value is -3.07. The van der Waals surface area contributed by atoms with Crippen LogP contribution in [-0.4, -0.2) is 8.42 Å². The number of hydrogen-bond acceptors (Lipinski definition) is 4. The summed E-state index contributed by atoms with van der Waals surface area (Å²) in [6.07, 6.45) is 1.36. The molecule has 29 heavy (non-hydrogen) atoms. The zero-order valence-corrected chi connectivity index (χ0v) is 17.2. The first-order valence-electron chi connectivity index (χ1n) is 8.79. The molecule has 0 atom stereocenters. The number of benzene rings is 3. The first-order valence-corrected chi connectivity index (χ1v) is 10.7. The van der Waals surface area contributed by atoms with Crippen LogP contribution in [0.2, 0.25) is 5.02 Å². The maximum Gasteiger partial charge on any atom is 0.216 e. The highest BCUT2D eigenvalue weighted by molar-refractivity contribution is 7.95. The normalized spacial score (nSPS) is 11.7. The molecule has 0 heterocycles. The third-order valence-corrected chi connectivity index (χ3v) is 6.16. The molecular weight excluding hydrogens is 406 g/mol. The monoisotopic (exact) mass is 423 g/mol. The molecule has 0 amide bonds. The minimum absolute atomic E-state index is 0.0961. The van der Waals surface area contributed by atoms with Crippen molar-refractivity contribution in [2.45, 2.75) is 18.4 Å². The summed E-state index contributed by atoms with van der Waals surface area (Å²) in [5.74, 6) is 0.636. The van der Waals surface area contributed by atoms with Gasteiger partial charge in [0.2, 0.25) is 9.84 Å². The van der Waals surface area contributed by atoms with E-state index in [9.17, 15) is 13.7 Å². The van der Waals surface area contributed by atoms with Crippen molar-refractivity contribution in [2.75, 3.05) is 0 Å². The third-order valence-electron chi connectivity index (χ3n) is 4.23. The lowest BCUT2D eigenvalue weighted by atomic mass is 10.2. The standard InChI is InChI=1S/C23H18ClNO3S/c1-17-2-12-22(13-3-17)29(26,27)23(15-25)14-18-6-10-21(11-7-18)28-16-19-4-8-20(24)9-5-19/h2-14H,16H2,1H3. The Bertz CT molecular complexity index is 1160. The molecule has 0 saturated carbocycles. The minimum atomic E-state index is -3.87. The van der Waals surface area contributed by atoms with E-state index in [0.717, 1.165) is 11.1 Å². The molecule has 0 aliphatic heterocycles. The van der Waals surface area contributed by atoms with Gasteiger partial charge in [0.05, 0.1) is 4.90 Å². The van der Waals surface area contributed by atoms with Crippen molar-refractivity contribution in [3.63, 3.8) is 0 Å². The van der Waals surface area contributed by atoms with Gasteiger partial charge in [0.25, 0.3) is 0 Å². The Morgan fingerprint density at radius 2 is 1.62 bits per heavy atom. The fourth-order valence-electron chi connectivity index (χ4n) is 2.57. The second-order valence-electron chi connectivity index (χ2n) is 6.42. The highest BCUT2D eigenvalue weighted by atomic mass is 35.5. The van der Waals surface area contributed by atoms with E-state index in [2.05, 4.69) is 0 Å². The van der Waals surface area contributed by atoms with Crippen LogP contribution in [0.4, 0.5) is 0 Å². The Balaban J connectivity index is 1.75. The lowest BCUT2D eigenvalue weighted by Gasteiger charge is -2.07. The molecule has 0 radical (unpaired) electrons. The summed E-state index contributed by atoms with van der Waals surface area (Å²) in [5.41, 5.74) is 2.52. The predicted octanol–water partition coefficient (Wildman–Crippen LogP) is 5.57. The first-order chi connectivity index (χ1) is 13.9. The molecule has 4 nitrogen and oxygen atoms in total. The quantitative estimate of drug-likeness (QED) is 0.486. The van der Waals surface area contributed by atoms with E-state index in [0.29, 0.717) is 22.9 Å². The number of sulfone groups is 1.